The molecule has 2 aromatic rings. The summed E-state index contributed by atoms with van der Waals surface area (Å²) in [4.78, 5) is 63.6. The number of esters is 2. The molecule has 0 spiro atoms. The summed E-state index contributed by atoms with van der Waals surface area (Å²) in [6.45, 7) is 3.12. The fourth-order valence-corrected chi connectivity index (χ4v) is 3.94. The second-order valence-electron chi connectivity index (χ2n) is 7.95. The van der Waals surface area contributed by atoms with E-state index in [-0.39, 0.29) is 41.1 Å². The van der Waals surface area contributed by atoms with E-state index in [1.165, 1.54) is 18.2 Å². The lowest BCUT2D eigenvalue weighted by Gasteiger charge is -2.26. The zero-order chi connectivity index (χ0) is 25.1. The third-order valence-electron chi connectivity index (χ3n) is 5.60. The second kappa shape index (κ2) is 9.80. The maximum atomic E-state index is 12.9. The zero-order valence-corrected chi connectivity index (χ0v) is 19.1. The lowest BCUT2D eigenvalue weighted by Crippen LogP contribution is -2.50. The number of fused-ring (bicyclic) bond motifs is 1. The standard InChI is InChI=1S/C25H23N3O7/c1-3-34-24(32)20-14(2)26-25(33)27-19(20)13-35-23(31)16-9-10-17-18(11-16)22(30)28(21(17)29)12-15-7-5-4-6-8-15/h4-11,14H,3,12-13H2,1-2H3,(H2,26,27,33). The number of nitrogens with zero attached hydrogens (tertiary/aromatic N) is 1. The van der Waals surface area contributed by atoms with Crippen LogP contribution in [0.1, 0.15) is 50.5 Å². The van der Waals surface area contributed by atoms with Gasteiger partial charge in [0.2, 0.25) is 0 Å². The van der Waals surface area contributed by atoms with Crippen LogP contribution in [0.5, 0.6) is 0 Å². The highest BCUT2D eigenvalue weighted by atomic mass is 16.5. The molecule has 0 bridgehead atoms. The third kappa shape index (κ3) is 4.77. The van der Waals surface area contributed by atoms with Crippen LogP contribution in [0.25, 0.3) is 0 Å². The number of ether oxygens (including phenoxy) is 2. The highest BCUT2D eigenvalue weighted by molar-refractivity contribution is 6.21. The summed E-state index contributed by atoms with van der Waals surface area (Å²) in [6, 6.07) is 12.0. The fraction of sp³-hybridized carbons (Fsp3) is 0.240. The number of urea groups is 1. The summed E-state index contributed by atoms with van der Waals surface area (Å²) in [5.74, 6) is -2.37. The summed E-state index contributed by atoms with van der Waals surface area (Å²) < 4.78 is 10.3. The molecule has 2 heterocycles. The molecule has 2 aliphatic rings. The Morgan fingerprint density at radius 1 is 0.943 bits per heavy atom. The van der Waals surface area contributed by atoms with Gasteiger partial charge in [0.25, 0.3) is 11.8 Å². The molecule has 2 aromatic carbocycles. The van der Waals surface area contributed by atoms with E-state index < -0.39 is 42.4 Å². The third-order valence-corrected chi connectivity index (χ3v) is 5.60. The average Bonchev–Trinajstić information content (AvgIpc) is 3.07. The van der Waals surface area contributed by atoms with Gasteiger partial charge in [-0.2, -0.15) is 0 Å². The highest BCUT2D eigenvalue weighted by Gasteiger charge is 2.36. The van der Waals surface area contributed by atoms with Gasteiger partial charge in [0, 0.05) is 0 Å². The van der Waals surface area contributed by atoms with E-state index in [0.717, 1.165) is 10.5 Å². The predicted octanol–water partition coefficient (Wildman–Crippen LogP) is 2.16. The van der Waals surface area contributed by atoms with Crippen LogP contribution < -0.4 is 10.6 Å². The van der Waals surface area contributed by atoms with Gasteiger partial charge in [-0.15, -0.1) is 0 Å². The van der Waals surface area contributed by atoms with Gasteiger partial charge < -0.3 is 20.1 Å². The minimum Gasteiger partial charge on any atom is -0.463 e. The van der Waals surface area contributed by atoms with Crippen molar-refractivity contribution in [2.45, 2.75) is 26.4 Å². The van der Waals surface area contributed by atoms with E-state index in [4.69, 9.17) is 9.47 Å². The number of rotatable bonds is 7. The summed E-state index contributed by atoms with van der Waals surface area (Å²) in [5, 5.41) is 5.03. The van der Waals surface area contributed by atoms with Crippen LogP contribution in [-0.4, -0.2) is 53.9 Å². The lowest BCUT2D eigenvalue weighted by atomic mass is 10.0. The molecule has 0 saturated carbocycles. The molecule has 0 aliphatic carbocycles. The molecule has 0 fully saturated rings. The monoisotopic (exact) mass is 477 g/mol. The molecule has 0 saturated heterocycles. The summed E-state index contributed by atoms with van der Waals surface area (Å²) >= 11 is 0. The highest BCUT2D eigenvalue weighted by Crippen LogP contribution is 2.26. The normalized spacial score (nSPS) is 17.0. The number of carbonyl (C=O) groups excluding carboxylic acids is 5. The first-order chi connectivity index (χ1) is 16.8. The van der Waals surface area contributed by atoms with Crippen LogP contribution in [0.2, 0.25) is 0 Å². The molecule has 4 rings (SSSR count). The largest absolute Gasteiger partial charge is 0.463 e. The first kappa shape index (κ1) is 23.7. The van der Waals surface area contributed by atoms with Gasteiger partial charge in [-0.3, -0.25) is 14.5 Å². The minimum atomic E-state index is -0.786. The predicted molar refractivity (Wildman–Crippen MR) is 122 cm³/mol. The van der Waals surface area contributed by atoms with E-state index in [1.807, 2.05) is 30.3 Å². The number of nitrogens with one attached hydrogen (secondary N) is 2. The van der Waals surface area contributed by atoms with Crippen molar-refractivity contribution >= 4 is 29.8 Å². The van der Waals surface area contributed by atoms with E-state index in [9.17, 15) is 24.0 Å². The fourth-order valence-electron chi connectivity index (χ4n) is 3.94. The van der Waals surface area contributed by atoms with Crippen molar-refractivity contribution in [3.8, 4) is 0 Å². The molecular formula is C25H23N3O7. The van der Waals surface area contributed by atoms with Gasteiger partial charge in [0.1, 0.15) is 6.61 Å². The zero-order valence-electron chi connectivity index (χ0n) is 19.1. The molecule has 0 radical (unpaired) electrons. The molecular weight excluding hydrogens is 454 g/mol. The van der Waals surface area contributed by atoms with Crippen molar-refractivity contribution < 1.29 is 33.4 Å². The van der Waals surface area contributed by atoms with Crippen molar-refractivity contribution in [1.82, 2.24) is 15.5 Å². The van der Waals surface area contributed by atoms with E-state index >= 15 is 0 Å². The summed E-state index contributed by atoms with van der Waals surface area (Å²) in [5.41, 5.74) is 1.41. The van der Waals surface area contributed by atoms with Crippen molar-refractivity contribution in [3.05, 3.63) is 82.1 Å². The molecule has 4 amide bonds. The molecule has 1 unspecified atom stereocenters. The topological polar surface area (TPSA) is 131 Å². The van der Waals surface area contributed by atoms with Gasteiger partial charge in [-0.1, -0.05) is 30.3 Å². The smallest absolute Gasteiger partial charge is 0.338 e. The Balaban J connectivity index is 1.50. The van der Waals surface area contributed by atoms with Crippen molar-refractivity contribution in [3.63, 3.8) is 0 Å². The Bertz CT molecular complexity index is 1250. The van der Waals surface area contributed by atoms with Gasteiger partial charge in [-0.25, -0.2) is 14.4 Å². The SMILES string of the molecule is CCOC(=O)C1=C(COC(=O)c2ccc3c(c2)C(=O)N(Cc2ccccc2)C3=O)NC(=O)NC1C. The number of imide groups is 1. The van der Waals surface area contributed by atoms with Crippen LogP contribution >= 0.6 is 0 Å². The second-order valence-corrected chi connectivity index (χ2v) is 7.95. The quantitative estimate of drug-likeness (QED) is 0.461. The van der Waals surface area contributed by atoms with Crippen LogP contribution in [0.4, 0.5) is 4.79 Å². The molecule has 2 N–H and O–H groups in total. The maximum Gasteiger partial charge on any atom is 0.338 e. The van der Waals surface area contributed by atoms with E-state index in [0.29, 0.717) is 0 Å². The molecule has 0 aromatic heterocycles. The van der Waals surface area contributed by atoms with Crippen LogP contribution in [-0.2, 0) is 20.8 Å². The van der Waals surface area contributed by atoms with Gasteiger partial charge in [0.15, 0.2) is 0 Å². The van der Waals surface area contributed by atoms with Crippen molar-refractivity contribution in [2.75, 3.05) is 13.2 Å². The molecule has 2 aliphatic heterocycles. The Morgan fingerprint density at radius 2 is 1.66 bits per heavy atom. The van der Waals surface area contributed by atoms with Crippen LogP contribution in [0.15, 0.2) is 59.8 Å². The Hall–Kier alpha value is -4.47. The Kier molecular flexibility index (Phi) is 6.63. The number of carbonyl (C=O) groups is 5. The molecule has 10 heteroatoms. The first-order valence-electron chi connectivity index (χ1n) is 11.0. The van der Waals surface area contributed by atoms with Crippen LogP contribution in [0.3, 0.4) is 0 Å². The minimum absolute atomic E-state index is 0.0538. The number of hydrogen-bond acceptors (Lipinski definition) is 7. The van der Waals surface area contributed by atoms with E-state index in [2.05, 4.69) is 10.6 Å². The van der Waals surface area contributed by atoms with Gasteiger partial charge >= 0.3 is 18.0 Å². The van der Waals surface area contributed by atoms with Gasteiger partial charge in [0.05, 0.1) is 47.2 Å². The van der Waals surface area contributed by atoms with Crippen LogP contribution in [0, 0.1) is 0 Å². The maximum absolute atomic E-state index is 12.9. The Morgan fingerprint density at radius 3 is 2.37 bits per heavy atom. The number of amides is 4. The lowest BCUT2D eigenvalue weighted by molar-refractivity contribution is -0.139. The number of benzene rings is 2. The van der Waals surface area contributed by atoms with E-state index in [1.54, 1.807) is 13.8 Å². The average molecular weight is 477 g/mol. The summed E-state index contributed by atoms with van der Waals surface area (Å²) in [7, 11) is 0. The van der Waals surface area contributed by atoms with Crippen molar-refractivity contribution in [1.29, 1.82) is 0 Å². The van der Waals surface area contributed by atoms with Gasteiger partial charge in [-0.05, 0) is 37.6 Å². The van der Waals surface area contributed by atoms with Crippen molar-refractivity contribution in [2.24, 2.45) is 0 Å². The summed E-state index contributed by atoms with van der Waals surface area (Å²) in [6.07, 6.45) is 0. The molecule has 35 heavy (non-hydrogen) atoms. The Labute approximate surface area is 200 Å². The first-order valence-corrected chi connectivity index (χ1v) is 11.0. The molecule has 180 valence electrons. The molecule has 1 atom stereocenters. The molecule has 10 nitrogen and oxygen atoms in total. The number of hydrogen-bond donors (Lipinski definition) is 2.